The molecule has 1 atom stereocenters. The molecule has 2 rings (SSSR count). The fourth-order valence-corrected chi connectivity index (χ4v) is 2.30. The maximum absolute atomic E-state index is 13.0. The third kappa shape index (κ3) is 2.83. The van der Waals surface area contributed by atoms with Crippen molar-refractivity contribution in [1.29, 1.82) is 0 Å². The first-order valence-electron chi connectivity index (χ1n) is 5.54. The minimum absolute atomic E-state index is 0.180. The van der Waals surface area contributed by atoms with Gasteiger partial charge in [-0.05, 0) is 43.4 Å². The second-order valence-electron chi connectivity index (χ2n) is 4.31. The SMILES string of the molecule is NC1C=C(Cc2ccc(F)c(Cl)c2)CCC1. The molecule has 0 saturated carbocycles. The van der Waals surface area contributed by atoms with Crippen molar-refractivity contribution in [1.82, 2.24) is 0 Å². The van der Waals surface area contributed by atoms with Crippen molar-refractivity contribution in [2.75, 3.05) is 0 Å². The fraction of sp³-hybridized carbons (Fsp3) is 0.385. The zero-order valence-corrected chi connectivity index (χ0v) is 9.80. The molecular weight excluding hydrogens is 225 g/mol. The number of hydrogen-bond donors (Lipinski definition) is 1. The second kappa shape index (κ2) is 4.98. The molecule has 1 aromatic carbocycles. The Labute approximate surface area is 100 Å². The van der Waals surface area contributed by atoms with Crippen LogP contribution in [0.2, 0.25) is 5.02 Å². The standard InChI is InChI=1S/C13H15ClFN/c14-12-8-10(4-5-13(12)15)6-9-2-1-3-11(16)7-9/h4-5,7-8,11H,1-3,6,16H2. The van der Waals surface area contributed by atoms with Crippen molar-refractivity contribution in [2.24, 2.45) is 5.73 Å². The highest BCUT2D eigenvalue weighted by molar-refractivity contribution is 6.30. The van der Waals surface area contributed by atoms with Crippen LogP contribution in [-0.4, -0.2) is 6.04 Å². The van der Waals surface area contributed by atoms with Crippen LogP contribution in [0.1, 0.15) is 24.8 Å². The van der Waals surface area contributed by atoms with Gasteiger partial charge in [0.25, 0.3) is 0 Å². The Morgan fingerprint density at radius 1 is 1.44 bits per heavy atom. The normalized spacial score (nSPS) is 20.7. The molecule has 0 saturated heterocycles. The van der Waals surface area contributed by atoms with Crippen molar-refractivity contribution in [2.45, 2.75) is 31.7 Å². The second-order valence-corrected chi connectivity index (χ2v) is 4.71. The molecule has 0 aromatic heterocycles. The first-order valence-corrected chi connectivity index (χ1v) is 5.92. The van der Waals surface area contributed by atoms with Crippen molar-refractivity contribution < 1.29 is 4.39 Å². The molecular formula is C13H15ClFN. The van der Waals surface area contributed by atoms with Gasteiger partial charge in [-0.25, -0.2) is 4.39 Å². The van der Waals surface area contributed by atoms with Crippen LogP contribution in [0.5, 0.6) is 0 Å². The summed E-state index contributed by atoms with van der Waals surface area (Å²) in [6.45, 7) is 0. The molecule has 2 N–H and O–H groups in total. The van der Waals surface area contributed by atoms with Crippen molar-refractivity contribution in [3.05, 3.63) is 46.3 Å². The quantitative estimate of drug-likeness (QED) is 0.786. The number of halogens is 2. The van der Waals surface area contributed by atoms with Crippen LogP contribution in [0.25, 0.3) is 0 Å². The summed E-state index contributed by atoms with van der Waals surface area (Å²) in [6.07, 6.45) is 6.24. The average Bonchev–Trinajstić information content (AvgIpc) is 2.24. The summed E-state index contributed by atoms with van der Waals surface area (Å²) in [5.41, 5.74) is 8.25. The zero-order valence-electron chi connectivity index (χ0n) is 9.05. The van der Waals surface area contributed by atoms with E-state index in [9.17, 15) is 4.39 Å². The molecule has 3 heteroatoms. The first-order chi connectivity index (χ1) is 7.65. The lowest BCUT2D eigenvalue weighted by molar-refractivity contribution is 0.615. The van der Waals surface area contributed by atoms with Gasteiger partial charge in [0.15, 0.2) is 0 Å². The summed E-state index contributed by atoms with van der Waals surface area (Å²) >= 11 is 5.74. The lowest BCUT2D eigenvalue weighted by Gasteiger charge is -2.17. The van der Waals surface area contributed by atoms with E-state index in [4.69, 9.17) is 17.3 Å². The number of benzene rings is 1. The van der Waals surface area contributed by atoms with Gasteiger partial charge in [0.05, 0.1) is 5.02 Å². The van der Waals surface area contributed by atoms with E-state index in [0.717, 1.165) is 31.2 Å². The maximum Gasteiger partial charge on any atom is 0.141 e. The molecule has 0 amide bonds. The van der Waals surface area contributed by atoms with E-state index < -0.39 is 0 Å². The van der Waals surface area contributed by atoms with Gasteiger partial charge in [-0.1, -0.05) is 29.3 Å². The Hall–Kier alpha value is -0.860. The Kier molecular flexibility index (Phi) is 3.62. The molecule has 0 spiro atoms. The zero-order chi connectivity index (χ0) is 11.5. The van der Waals surface area contributed by atoms with Crippen LogP contribution in [0, 0.1) is 5.82 Å². The number of nitrogens with two attached hydrogens (primary N) is 1. The van der Waals surface area contributed by atoms with E-state index in [-0.39, 0.29) is 16.9 Å². The van der Waals surface area contributed by atoms with Gasteiger partial charge in [-0.2, -0.15) is 0 Å². The molecule has 0 aliphatic heterocycles. The van der Waals surface area contributed by atoms with E-state index in [1.54, 1.807) is 12.1 Å². The molecule has 16 heavy (non-hydrogen) atoms. The summed E-state index contributed by atoms with van der Waals surface area (Å²) in [5, 5.41) is 0.193. The Morgan fingerprint density at radius 2 is 2.25 bits per heavy atom. The van der Waals surface area contributed by atoms with Crippen molar-refractivity contribution in [3.63, 3.8) is 0 Å². The van der Waals surface area contributed by atoms with E-state index >= 15 is 0 Å². The highest BCUT2D eigenvalue weighted by Gasteiger charge is 2.10. The molecule has 0 radical (unpaired) electrons. The third-order valence-electron chi connectivity index (χ3n) is 2.90. The predicted octanol–water partition coefficient (Wildman–Crippen LogP) is 3.46. The summed E-state index contributed by atoms with van der Waals surface area (Å²) < 4.78 is 13.0. The van der Waals surface area contributed by atoms with Crippen LogP contribution < -0.4 is 5.73 Å². The van der Waals surface area contributed by atoms with Gasteiger partial charge in [-0.15, -0.1) is 0 Å². The smallest absolute Gasteiger partial charge is 0.141 e. The predicted molar refractivity (Wildman–Crippen MR) is 65.0 cm³/mol. The number of hydrogen-bond acceptors (Lipinski definition) is 1. The molecule has 0 fully saturated rings. The van der Waals surface area contributed by atoms with Gasteiger partial charge in [0, 0.05) is 6.04 Å². The van der Waals surface area contributed by atoms with E-state index in [2.05, 4.69) is 6.08 Å². The van der Waals surface area contributed by atoms with Gasteiger partial charge >= 0.3 is 0 Å². The molecule has 0 bridgehead atoms. The van der Waals surface area contributed by atoms with Crippen molar-refractivity contribution >= 4 is 11.6 Å². The third-order valence-corrected chi connectivity index (χ3v) is 3.19. The molecule has 1 aliphatic rings. The first kappa shape index (κ1) is 11.6. The summed E-state index contributed by atoms with van der Waals surface area (Å²) in [6, 6.07) is 5.07. The molecule has 0 heterocycles. The minimum Gasteiger partial charge on any atom is -0.324 e. The summed E-state index contributed by atoms with van der Waals surface area (Å²) in [7, 11) is 0. The lowest BCUT2D eigenvalue weighted by atomic mass is 9.92. The van der Waals surface area contributed by atoms with Crippen LogP contribution in [-0.2, 0) is 6.42 Å². The van der Waals surface area contributed by atoms with Crippen LogP contribution in [0.3, 0.4) is 0 Å². The van der Waals surface area contributed by atoms with Crippen LogP contribution in [0.15, 0.2) is 29.8 Å². The van der Waals surface area contributed by atoms with E-state index in [1.165, 1.54) is 11.6 Å². The van der Waals surface area contributed by atoms with E-state index in [0.29, 0.717) is 0 Å². The van der Waals surface area contributed by atoms with Gasteiger partial charge in [-0.3, -0.25) is 0 Å². The Balaban J connectivity index is 2.11. The molecule has 1 aliphatic carbocycles. The van der Waals surface area contributed by atoms with Crippen molar-refractivity contribution in [3.8, 4) is 0 Å². The molecule has 1 unspecified atom stereocenters. The largest absolute Gasteiger partial charge is 0.324 e. The highest BCUT2D eigenvalue weighted by Crippen LogP contribution is 2.23. The summed E-state index contributed by atoms with van der Waals surface area (Å²) in [5.74, 6) is -0.361. The maximum atomic E-state index is 13.0. The Morgan fingerprint density at radius 3 is 2.94 bits per heavy atom. The molecule has 1 aromatic rings. The Bertz CT molecular complexity index is 414. The van der Waals surface area contributed by atoms with Gasteiger partial charge in [0.1, 0.15) is 5.82 Å². The highest BCUT2D eigenvalue weighted by atomic mass is 35.5. The summed E-state index contributed by atoms with van der Waals surface area (Å²) in [4.78, 5) is 0. The monoisotopic (exact) mass is 239 g/mol. The number of allylic oxidation sites excluding steroid dienone is 1. The molecule has 86 valence electrons. The minimum atomic E-state index is -0.361. The average molecular weight is 240 g/mol. The molecule has 1 nitrogen and oxygen atoms in total. The van der Waals surface area contributed by atoms with Gasteiger partial charge < -0.3 is 5.73 Å². The lowest BCUT2D eigenvalue weighted by Crippen LogP contribution is -2.20. The number of rotatable bonds is 2. The van der Waals surface area contributed by atoms with Crippen LogP contribution >= 0.6 is 11.6 Å². The van der Waals surface area contributed by atoms with E-state index in [1.807, 2.05) is 0 Å². The topological polar surface area (TPSA) is 26.0 Å². The fourth-order valence-electron chi connectivity index (χ4n) is 2.09. The van der Waals surface area contributed by atoms with Gasteiger partial charge in [0.2, 0.25) is 0 Å². The van der Waals surface area contributed by atoms with Crippen LogP contribution in [0.4, 0.5) is 4.39 Å².